The highest BCUT2D eigenvalue weighted by Gasteiger charge is 2.31. The number of halogens is 3. The Morgan fingerprint density at radius 3 is 2.59 bits per heavy atom. The number of aromatic nitrogens is 1. The standard InChI is InChI=1S/C11H10F3NO2/c12-11(13,14)7-3-4-8(15-6-7)10(16)9-2-1-5-17-9/h2-4,6,10,16H,1,5H2. The minimum absolute atomic E-state index is 0.145. The van der Waals surface area contributed by atoms with Gasteiger partial charge in [-0.2, -0.15) is 13.2 Å². The number of hydrogen-bond donors (Lipinski definition) is 1. The SMILES string of the molecule is OC(C1=CCCO1)c1ccc(C(F)(F)F)cn1. The fourth-order valence-electron chi connectivity index (χ4n) is 1.51. The second-order valence-electron chi connectivity index (χ2n) is 3.62. The number of rotatable bonds is 2. The lowest BCUT2D eigenvalue weighted by Gasteiger charge is -2.12. The van der Waals surface area contributed by atoms with Gasteiger partial charge < -0.3 is 9.84 Å². The number of aliphatic hydroxyl groups excluding tert-OH is 1. The van der Waals surface area contributed by atoms with Crippen LogP contribution in [-0.2, 0) is 10.9 Å². The van der Waals surface area contributed by atoms with Gasteiger partial charge in [0.1, 0.15) is 5.76 Å². The summed E-state index contributed by atoms with van der Waals surface area (Å²) in [7, 11) is 0. The molecule has 0 fully saturated rings. The fraction of sp³-hybridized carbons (Fsp3) is 0.364. The van der Waals surface area contributed by atoms with Crippen LogP contribution >= 0.6 is 0 Å². The Morgan fingerprint density at radius 2 is 2.12 bits per heavy atom. The van der Waals surface area contributed by atoms with E-state index in [4.69, 9.17) is 4.74 Å². The predicted octanol–water partition coefficient (Wildman–Crippen LogP) is 2.44. The Balaban J connectivity index is 2.18. The summed E-state index contributed by atoms with van der Waals surface area (Å²) in [5.74, 6) is 0.345. The van der Waals surface area contributed by atoms with Crippen LogP contribution in [0.25, 0.3) is 0 Å². The smallest absolute Gasteiger partial charge is 0.417 e. The van der Waals surface area contributed by atoms with E-state index in [1.54, 1.807) is 6.08 Å². The molecule has 2 rings (SSSR count). The summed E-state index contributed by atoms with van der Waals surface area (Å²) in [6.45, 7) is 0.479. The second-order valence-corrected chi connectivity index (χ2v) is 3.62. The molecule has 2 heterocycles. The number of hydrogen-bond acceptors (Lipinski definition) is 3. The molecule has 1 aliphatic heterocycles. The lowest BCUT2D eigenvalue weighted by atomic mass is 10.1. The Labute approximate surface area is 95.5 Å². The largest absolute Gasteiger partial charge is 0.495 e. The Bertz CT molecular complexity index is 425. The van der Waals surface area contributed by atoms with Crippen molar-refractivity contribution in [1.29, 1.82) is 0 Å². The van der Waals surface area contributed by atoms with Crippen molar-refractivity contribution in [3.63, 3.8) is 0 Å². The topological polar surface area (TPSA) is 42.4 Å². The normalized spacial score (nSPS) is 17.5. The van der Waals surface area contributed by atoms with E-state index < -0.39 is 17.8 Å². The summed E-state index contributed by atoms with van der Waals surface area (Å²) < 4.78 is 42.0. The summed E-state index contributed by atoms with van der Waals surface area (Å²) in [5, 5.41) is 9.78. The van der Waals surface area contributed by atoms with Crippen molar-refractivity contribution in [2.24, 2.45) is 0 Å². The minimum Gasteiger partial charge on any atom is -0.495 e. The predicted molar refractivity (Wildman–Crippen MR) is 52.9 cm³/mol. The van der Waals surface area contributed by atoms with Gasteiger partial charge in [0.05, 0.1) is 17.9 Å². The second kappa shape index (κ2) is 4.37. The molecule has 0 saturated carbocycles. The average Bonchev–Trinajstić information content (AvgIpc) is 2.80. The molecule has 1 atom stereocenters. The Kier molecular flexibility index (Phi) is 3.06. The molecule has 0 aliphatic carbocycles. The molecule has 1 aromatic rings. The van der Waals surface area contributed by atoms with Crippen LogP contribution in [0.5, 0.6) is 0 Å². The van der Waals surface area contributed by atoms with Crippen LogP contribution in [0, 0.1) is 0 Å². The van der Waals surface area contributed by atoms with Crippen molar-refractivity contribution >= 4 is 0 Å². The zero-order valence-corrected chi connectivity index (χ0v) is 8.74. The molecule has 1 aliphatic rings. The summed E-state index contributed by atoms with van der Waals surface area (Å²) in [6, 6.07) is 2.04. The highest BCUT2D eigenvalue weighted by atomic mass is 19.4. The van der Waals surface area contributed by atoms with Gasteiger partial charge in [0, 0.05) is 12.6 Å². The molecule has 0 saturated heterocycles. The zero-order valence-electron chi connectivity index (χ0n) is 8.74. The van der Waals surface area contributed by atoms with Gasteiger partial charge in [-0.1, -0.05) is 0 Å². The average molecular weight is 245 g/mol. The maximum Gasteiger partial charge on any atom is 0.417 e. The molecule has 6 heteroatoms. The van der Waals surface area contributed by atoms with Crippen LogP contribution in [0.15, 0.2) is 30.2 Å². The van der Waals surface area contributed by atoms with E-state index in [9.17, 15) is 18.3 Å². The molecule has 17 heavy (non-hydrogen) atoms. The maximum atomic E-state index is 12.3. The molecule has 1 N–H and O–H groups in total. The number of pyridine rings is 1. The van der Waals surface area contributed by atoms with Gasteiger partial charge >= 0.3 is 6.18 Å². The molecule has 0 radical (unpaired) electrons. The van der Waals surface area contributed by atoms with Gasteiger partial charge in [0.25, 0.3) is 0 Å². The van der Waals surface area contributed by atoms with Gasteiger partial charge in [0.15, 0.2) is 6.10 Å². The monoisotopic (exact) mass is 245 g/mol. The lowest BCUT2D eigenvalue weighted by molar-refractivity contribution is -0.137. The molecule has 0 bridgehead atoms. The van der Waals surface area contributed by atoms with Gasteiger partial charge in [-0.05, 0) is 18.2 Å². The van der Waals surface area contributed by atoms with E-state index in [2.05, 4.69) is 4.98 Å². The minimum atomic E-state index is -4.42. The van der Waals surface area contributed by atoms with Crippen molar-refractivity contribution < 1.29 is 23.0 Å². The lowest BCUT2D eigenvalue weighted by Crippen LogP contribution is -2.09. The van der Waals surface area contributed by atoms with Crippen molar-refractivity contribution in [1.82, 2.24) is 4.98 Å². The molecular formula is C11H10F3NO2. The number of aliphatic hydroxyl groups is 1. The van der Waals surface area contributed by atoms with Crippen molar-refractivity contribution in [2.75, 3.05) is 6.61 Å². The summed E-state index contributed by atoms with van der Waals surface area (Å²) >= 11 is 0. The van der Waals surface area contributed by atoms with Gasteiger partial charge in [0.2, 0.25) is 0 Å². The Morgan fingerprint density at radius 1 is 1.35 bits per heavy atom. The molecule has 0 amide bonds. The first-order valence-corrected chi connectivity index (χ1v) is 5.02. The van der Waals surface area contributed by atoms with Crippen molar-refractivity contribution in [2.45, 2.75) is 18.7 Å². The Hall–Kier alpha value is -1.56. The first-order chi connectivity index (χ1) is 7.98. The van der Waals surface area contributed by atoms with E-state index in [1.165, 1.54) is 0 Å². The van der Waals surface area contributed by atoms with E-state index in [0.717, 1.165) is 12.1 Å². The number of ether oxygens (including phenoxy) is 1. The third-order valence-electron chi connectivity index (χ3n) is 2.40. The van der Waals surface area contributed by atoms with Crippen LogP contribution < -0.4 is 0 Å². The number of alkyl halides is 3. The highest BCUT2D eigenvalue weighted by Crippen LogP contribution is 2.30. The molecule has 0 spiro atoms. The van der Waals surface area contributed by atoms with E-state index in [-0.39, 0.29) is 5.69 Å². The molecule has 92 valence electrons. The summed E-state index contributed by atoms with van der Waals surface area (Å²) in [6.07, 6.45) is -2.43. The first-order valence-electron chi connectivity index (χ1n) is 5.02. The fourth-order valence-corrected chi connectivity index (χ4v) is 1.51. The van der Waals surface area contributed by atoms with Gasteiger partial charge in [-0.25, -0.2) is 0 Å². The molecule has 0 aromatic carbocycles. The van der Waals surface area contributed by atoms with Crippen LogP contribution in [0.4, 0.5) is 13.2 Å². The van der Waals surface area contributed by atoms with Crippen LogP contribution in [0.3, 0.4) is 0 Å². The third-order valence-corrected chi connectivity index (χ3v) is 2.40. The summed E-state index contributed by atoms with van der Waals surface area (Å²) in [5.41, 5.74) is -0.694. The third kappa shape index (κ3) is 2.58. The van der Waals surface area contributed by atoms with Crippen LogP contribution in [-0.4, -0.2) is 16.7 Å². The van der Waals surface area contributed by atoms with Gasteiger partial charge in [-0.15, -0.1) is 0 Å². The van der Waals surface area contributed by atoms with Crippen molar-refractivity contribution in [3.05, 3.63) is 41.4 Å². The zero-order chi connectivity index (χ0) is 12.5. The van der Waals surface area contributed by atoms with E-state index >= 15 is 0 Å². The summed E-state index contributed by atoms with van der Waals surface area (Å²) in [4.78, 5) is 3.60. The van der Waals surface area contributed by atoms with E-state index in [0.29, 0.717) is 25.0 Å². The van der Waals surface area contributed by atoms with Crippen LogP contribution in [0.2, 0.25) is 0 Å². The first kappa shape index (κ1) is 11.9. The molecule has 3 nitrogen and oxygen atoms in total. The number of nitrogens with zero attached hydrogens (tertiary/aromatic N) is 1. The van der Waals surface area contributed by atoms with Crippen LogP contribution in [0.1, 0.15) is 23.8 Å². The highest BCUT2D eigenvalue weighted by molar-refractivity contribution is 5.22. The van der Waals surface area contributed by atoms with E-state index in [1.807, 2.05) is 0 Å². The van der Waals surface area contributed by atoms with Crippen molar-refractivity contribution in [3.8, 4) is 0 Å². The molecule has 1 unspecified atom stereocenters. The quantitative estimate of drug-likeness (QED) is 0.870. The van der Waals surface area contributed by atoms with Gasteiger partial charge in [-0.3, -0.25) is 4.98 Å². The molecule has 1 aromatic heterocycles. The maximum absolute atomic E-state index is 12.3. The molecular weight excluding hydrogens is 235 g/mol.